The Hall–Kier alpha value is -4.52. The molecule has 1 saturated heterocycles. The number of anilines is 4. The van der Waals surface area contributed by atoms with Gasteiger partial charge in [0, 0.05) is 32.0 Å². The molecule has 13 nitrogen and oxygen atoms in total. The molecule has 1 aliphatic rings. The molecule has 39 heavy (non-hydrogen) atoms. The highest BCUT2D eigenvalue weighted by Gasteiger charge is 2.20. The van der Waals surface area contributed by atoms with Gasteiger partial charge < -0.3 is 26.0 Å². The zero-order valence-electron chi connectivity index (χ0n) is 22.3. The van der Waals surface area contributed by atoms with Crippen molar-refractivity contribution in [3.8, 4) is 17.1 Å². The Bertz CT molecular complexity index is 1450. The van der Waals surface area contributed by atoms with Crippen LogP contribution in [0.2, 0.25) is 0 Å². The lowest BCUT2D eigenvalue weighted by atomic mass is 10.0. The second-order valence-corrected chi connectivity index (χ2v) is 9.61. The van der Waals surface area contributed by atoms with E-state index in [1.54, 1.807) is 37.4 Å². The Labute approximate surface area is 226 Å². The normalized spacial score (nSPS) is 15.7. The summed E-state index contributed by atoms with van der Waals surface area (Å²) in [6, 6.07) is 6.08. The van der Waals surface area contributed by atoms with Crippen LogP contribution in [0.15, 0.2) is 43.1 Å². The average molecular weight is 532 g/mol. The molecule has 1 fully saturated rings. The summed E-state index contributed by atoms with van der Waals surface area (Å²) in [6.07, 6.45) is 11.5. The van der Waals surface area contributed by atoms with Gasteiger partial charge in [-0.1, -0.05) is 12.5 Å². The number of nitrogens with zero attached hydrogens (tertiary/aromatic N) is 8. The Morgan fingerprint density at radius 2 is 2.05 bits per heavy atom. The van der Waals surface area contributed by atoms with Crippen LogP contribution in [-0.4, -0.2) is 72.1 Å². The minimum absolute atomic E-state index is 0.135. The Morgan fingerprint density at radius 3 is 2.79 bits per heavy atom. The van der Waals surface area contributed by atoms with Crippen LogP contribution in [0.1, 0.15) is 36.0 Å². The van der Waals surface area contributed by atoms with Crippen molar-refractivity contribution in [1.82, 2.24) is 39.4 Å². The molecule has 0 radical (unpaired) electrons. The molecule has 1 aliphatic heterocycles. The van der Waals surface area contributed by atoms with Crippen molar-refractivity contribution in [2.24, 2.45) is 12.8 Å². The minimum Gasteiger partial charge on any atom is -0.494 e. The first-order valence-electron chi connectivity index (χ1n) is 12.9. The van der Waals surface area contributed by atoms with Crippen molar-refractivity contribution >= 4 is 29.0 Å². The number of primary amides is 1. The molecule has 1 aromatic carbocycles. The number of aromatic nitrogens is 7. The summed E-state index contributed by atoms with van der Waals surface area (Å²) in [6.45, 7) is 1.98. The molecule has 13 heteroatoms. The second kappa shape index (κ2) is 11.5. The first kappa shape index (κ1) is 26.1. The maximum atomic E-state index is 12.2. The zero-order chi connectivity index (χ0) is 27.4. The molecule has 0 saturated carbocycles. The Morgan fingerprint density at radius 1 is 1.18 bits per heavy atom. The van der Waals surface area contributed by atoms with Gasteiger partial charge in [-0.3, -0.25) is 14.2 Å². The highest BCUT2D eigenvalue weighted by molar-refractivity contribution is 5.98. The van der Waals surface area contributed by atoms with Crippen molar-refractivity contribution in [3.63, 3.8) is 0 Å². The topological polar surface area (TPSA) is 154 Å². The SMILES string of the molecule is COc1c(Nc2nc(Nc3cnn(CCC4CCCCN4C)c3)ncc2C(N)=O)cccc1-c1ncn(C)n1. The van der Waals surface area contributed by atoms with Crippen molar-refractivity contribution in [3.05, 3.63) is 48.7 Å². The molecule has 1 unspecified atom stereocenters. The van der Waals surface area contributed by atoms with Crippen molar-refractivity contribution in [2.45, 2.75) is 38.3 Å². The van der Waals surface area contributed by atoms with Crippen LogP contribution < -0.4 is 21.1 Å². The van der Waals surface area contributed by atoms with Gasteiger partial charge in [0.05, 0.1) is 30.2 Å². The zero-order valence-corrected chi connectivity index (χ0v) is 22.3. The third-order valence-electron chi connectivity index (χ3n) is 6.87. The van der Waals surface area contributed by atoms with Gasteiger partial charge in [0.2, 0.25) is 5.95 Å². The van der Waals surface area contributed by atoms with Gasteiger partial charge in [0.1, 0.15) is 17.7 Å². The fourth-order valence-electron chi connectivity index (χ4n) is 4.81. The summed E-state index contributed by atoms with van der Waals surface area (Å²) in [4.78, 5) is 27.7. The molecular weight excluding hydrogens is 498 g/mol. The minimum atomic E-state index is -0.661. The first-order chi connectivity index (χ1) is 18.9. The van der Waals surface area contributed by atoms with Gasteiger partial charge in [0.15, 0.2) is 11.6 Å². The van der Waals surface area contributed by atoms with E-state index in [0.717, 1.165) is 25.2 Å². The summed E-state index contributed by atoms with van der Waals surface area (Å²) in [7, 11) is 5.54. The lowest BCUT2D eigenvalue weighted by molar-refractivity contribution is 0.100. The number of carbonyl (C=O) groups is 1. The molecule has 4 N–H and O–H groups in total. The van der Waals surface area contributed by atoms with Crippen LogP contribution in [0.5, 0.6) is 5.75 Å². The number of hydrogen-bond donors (Lipinski definition) is 3. The predicted octanol–water partition coefficient (Wildman–Crippen LogP) is 2.94. The Balaban J connectivity index is 1.34. The van der Waals surface area contributed by atoms with Crippen LogP contribution in [0.3, 0.4) is 0 Å². The van der Waals surface area contributed by atoms with Crippen molar-refractivity contribution in [1.29, 1.82) is 0 Å². The van der Waals surface area contributed by atoms with E-state index in [1.807, 2.05) is 23.0 Å². The third kappa shape index (κ3) is 5.98. The molecule has 0 spiro atoms. The quantitative estimate of drug-likeness (QED) is 0.278. The third-order valence-corrected chi connectivity index (χ3v) is 6.87. The highest BCUT2D eigenvalue weighted by Crippen LogP contribution is 2.36. The van der Waals surface area contributed by atoms with Gasteiger partial charge in [0.25, 0.3) is 5.91 Å². The molecule has 0 bridgehead atoms. The van der Waals surface area contributed by atoms with Crippen LogP contribution in [-0.2, 0) is 13.6 Å². The number of likely N-dealkylation sites (tertiary alicyclic amines) is 1. The van der Waals surface area contributed by atoms with E-state index >= 15 is 0 Å². The number of rotatable bonds is 10. The van der Waals surface area contributed by atoms with E-state index in [0.29, 0.717) is 28.9 Å². The first-order valence-corrected chi connectivity index (χ1v) is 12.9. The van der Waals surface area contributed by atoms with Crippen LogP contribution in [0.4, 0.5) is 23.1 Å². The monoisotopic (exact) mass is 531 g/mol. The molecule has 1 amide bonds. The van der Waals surface area contributed by atoms with Crippen molar-refractivity contribution in [2.75, 3.05) is 31.3 Å². The predicted molar refractivity (Wildman–Crippen MR) is 147 cm³/mol. The molecule has 4 heterocycles. The maximum absolute atomic E-state index is 12.2. The average Bonchev–Trinajstić information content (AvgIpc) is 3.56. The summed E-state index contributed by atoms with van der Waals surface area (Å²) >= 11 is 0. The molecule has 1 atom stereocenters. The summed E-state index contributed by atoms with van der Waals surface area (Å²) < 4.78 is 9.20. The number of piperidine rings is 1. The van der Waals surface area contributed by atoms with Crippen LogP contribution in [0, 0.1) is 0 Å². The van der Waals surface area contributed by atoms with Crippen LogP contribution >= 0.6 is 0 Å². The molecule has 3 aromatic heterocycles. The van der Waals surface area contributed by atoms with Crippen LogP contribution in [0.25, 0.3) is 11.4 Å². The van der Waals surface area contributed by atoms with E-state index < -0.39 is 5.91 Å². The molecule has 4 aromatic rings. The number of nitrogens with one attached hydrogen (secondary N) is 2. The fourth-order valence-corrected chi connectivity index (χ4v) is 4.81. The number of methoxy groups -OCH3 is 1. The summed E-state index contributed by atoms with van der Waals surface area (Å²) in [5.74, 6) is 0.862. The largest absolute Gasteiger partial charge is 0.494 e. The number of nitrogens with two attached hydrogens (primary N) is 1. The van der Waals surface area contributed by atoms with Crippen molar-refractivity contribution < 1.29 is 9.53 Å². The summed E-state index contributed by atoms with van der Waals surface area (Å²) in [5.41, 5.74) is 7.75. The number of benzene rings is 1. The molecule has 0 aliphatic carbocycles. The number of ether oxygens (including phenoxy) is 1. The number of aryl methyl sites for hydroxylation is 2. The molecular formula is C26H33N11O2. The van der Waals surface area contributed by atoms with E-state index in [1.165, 1.54) is 25.5 Å². The standard InChI is InChI=1S/C26H33N11O2/c1-35-11-5-4-7-18(35)10-12-37-15-17(13-30-37)31-26-28-14-20(23(27)38)25(33-26)32-21-9-6-8-19(22(21)39-3)24-29-16-36(2)34-24/h6,8-9,13-16,18H,4-5,7,10-12H2,1-3H3,(H2,27,38)(H2,28,31,32,33). The van der Waals surface area contributed by atoms with E-state index in [2.05, 4.69) is 47.7 Å². The van der Waals surface area contributed by atoms with Gasteiger partial charge in [-0.2, -0.15) is 15.2 Å². The number of para-hydroxylation sites is 1. The van der Waals surface area contributed by atoms with Gasteiger partial charge >= 0.3 is 0 Å². The Kier molecular flexibility index (Phi) is 7.68. The molecule has 5 rings (SSSR count). The number of hydrogen-bond acceptors (Lipinski definition) is 10. The molecule has 204 valence electrons. The lowest BCUT2D eigenvalue weighted by Crippen LogP contribution is -2.36. The van der Waals surface area contributed by atoms with E-state index in [9.17, 15) is 4.79 Å². The number of carbonyl (C=O) groups excluding carboxylic acids is 1. The maximum Gasteiger partial charge on any atom is 0.254 e. The second-order valence-electron chi connectivity index (χ2n) is 9.61. The number of amides is 1. The van der Waals surface area contributed by atoms with Gasteiger partial charge in [-0.25, -0.2) is 9.97 Å². The van der Waals surface area contributed by atoms with E-state index in [4.69, 9.17) is 10.5 Å². The fraction of sp³-hybridized carbons (Fsp3) is 0.385. The highest BCUT2D eigenvalue weighted by atomic mass is 16.5. The van der Waals surface area contributed by atoms with E-state index in [-0.39, 0.29) is 17.3 Å². The smallest absolute Gasteiger partial charge is 0.254 e. The lowest BCUT2D eigenvalue weighted by Gasteiger charge is -2.32. The summed E-state index contributed by atoms with van der Waals surface area (Å²) in [5, 5.41) is 15.2. The van der Waals surface area contributed by atoms with Gasteiger partial charge in [-0.15, -0.1) is 0 Å². The van der Waals surface area contributed by atoms with Gasteiger partial charge in [-0.05, 0) is 45.0 Å².